The summed E-state index contributed by atoms with van der Waals surface area (Å²) in [5.41, 5.74) is 2.11. The van der Waals surface area contributed by atoms with Gasteiger partial charge < -0.3 is 20.6 Å². The Labute approximate surface area is 142 Å². The van der Waals surface area contributed by atoms with E-state index in [9.17, 15) is 9.59 Å². The highest BCUT2D eigenvalue weighted by Gasteiger charge is 2.27. The van der Waals surface area contributed by atoms with Gasteiger partial charge in [-0.2, -0.15) is 0 Å². The van der Waals surface area contributed by atoms with Crippen LogP contribution in [0.4, 0.5) is 10.5 Å². The Hall–Kier alpha value is -2.08. The molecular formula is C18H25N3O3. The van der Waals surface area contributed by atoms with Crippen molar-refractivity contribution in [3.63, 3.8) is 0 Å². The minimum Gasteiger partial charge on any atom is -0.465 e. The first-order chi connectivity index (χ1) is 11.6. The second kappa shape index (κ2) is 7.66. The molecule has 1 aromatic carbocycles. The van der Waals surface area contributed by atoms with Gasteiger partial charge in [-0.05, 0) is 36.5 Å². The zero-order valence-electron chi connectivity index (χ0n) is 13.8. The highest BCUT2D eigenvalue weighted by atomic mass is 16.4. The minimum atomic E-state index is -0.980. The van der Waals surface area contributed by atoms with Crippen LogP contribution < -0.4 is 10.6 Å². The Morgan fingerprint density at radius 3 is 2.50 bits per heavy atom. The van der Waals surface area contributed by atoms with Crippen molar-refractivity contribution in [1.82, 2.24) is 10.2 Å². The summed E-state index contributed by atoms with van der Waals surface area (Å²) in [7, 11) is 0. The quantitative estimate of drug-likeness (QED) is 0.795. The van der Waals surface area contributed by atoms with Crippen LogP contribution in [-0.4, -0.2) is 47.7 Å². The number of nitrogens with zero attached hydrogens (tertiary/aromatic N) is 1. The first-order valence-electron chi connectivity index (χ1n) is 8.75. The van der Waals surface area contributed by atoms with Crippen molar-refractivity contribution < 1.29 is 14.7 Å². The van der Waals surface area contributed by atoms with Crippen LogP contribution in [-0.2, 0) is 4.79 Å². The molecule has 130 valence electrons. The van der Waals surface area contributed by atoms with Gasteiger partial charge in [-0.1, -0.05) is 31.4 Å². The van der Waals surface area contributed by atoms with Crippen LogP contribution >= 0.6 is 0 Å². The van der Waals surface area contributed by atoms with Gasteiger partial charge in [0.2, 0.25) is 5.91 Å². The lowest BCUT2D eigenvalue weighted by molar-refractivity contribution is -0.118. The van der Waals surface area contributed by atoms with Crippen molar-refractivity contribution in [3.05, 3.63) is 29.8 Å². The second-order valence-electron chi connectivity index (χ2n) is 6.68. The summed E-state index contributed by atoms with van der Waals surface area (Å²) in [5.74, 6) is 0.457. The molecule has 1 saturated carbocycles. The number of hydrogen-bond donors (Lipinski definition) is 3. The van der Waals surface area contributed by atoms with Crippen molar-refractivity contribution in [1.29, 1.82) is 0 Å². The van der Waals surface area contributed by atoms with E-state index in [0.29, 0.717) is 19.0 Å². The van der Waals surface area contributed by atoms with Crippen LogP contribution in [0.5, 0.6) is 0 Å². The van der Waals surface area contributed by atoms with Gasteiger partial charge in [0.15, 0.2) is 0 Å². The monoisotopic (exact) mass is 331 g/mol. The summed E-state index contributed by atoms with van der Waals surface area (Å²) in [6, 6.07) is 7.58. The van der Waals surface area contributed by atoms with Gasteiger partial charge in [0.05, 0.1) is 0 Å². The molecule has 6 heteroatoms. The average Bonchev–Trinajstić information content (AvgIpc) is 2.63. The fourth-order valence-electron chi connectivity index (χ4n) is 3.60. The fourth-order valence-corrected chi connectivity index (χ4v) is 3.60. The zero-order chi connectivity index (χ0) is 16.9. The van der Waals surface area contributed by atoms with E-state index in [1.807, 2.05) is 12.1 Å². The molecular weight excluding hydrogens is 306 g/mol. The van der Waals surface area contributed by atoms with Gasteiger partial charge >= 0.3 is 6.09 Å². The molecule has 2 fully saturated rings. The number of benzene rings is 1. The lowest BCUT2D eigenvalue weighted by atomic mass is 9.84. The largest absolute Gasteiger partial charge is 0.465 e. The Bertz CT molecular complexity index is 582. The molecule has 0 radical (unpaired) electrons. The van der Waals surface area contributed by atoms with Crippen LogP contribution in [0.3, 0.4) is 0 Å². The first kappa shape index (κ1) is 16.8. The number of hydrogen-bond acceptors (Lipinski definition) is 3. The number of anilines is 1. The Morgan fingerprint density at radius 2 is 1.83 bits per heavy atom. The molecule has 0 aromatic heterocycles. The topological polar surface area (TPSA) is 81.7 Å². The minimum absolute atomic E-state index is 0.182. The number of nitrogens with one attached hydrogen (secondary N) is 2. The lowest BCUT2D eigenvalue weighted by Gasteiger charge is -2.30. The number of carbonyl (C=O) groups excluding carboxylic acids is 1. The molecule has 1 atom stereocenters. The summed E-state index contributed by atoms with van der Waals surface area (Å²) in [4.78, 5) is 24.6. The maximum Gasteiger partial charge on any atom is 0.407 e. The van der Waals surface area contributed by atoms with E-state index in [4.69, 9.17) is 5.11 Å². The van der Waals surface area contributed by atoms with Crippen LogP contribution in [0.2, 0.25) is 0 Å². The summed E-state index contributed by atoms with van der Waals surface area (Å²) in [5, 5.41) is 15.0. The van der Waals surface area contributed by atoms with E-state index in [1.165, 1.54) is 42.6 Å². The number of amides is 2. The molecule has 1 aliphatic heterocycles. The predicted molar refractivity (Wildman–Crippen MR) is 92.3 cm³/mol. The fraction of sp³-hybridized carbons (Fsp3) is 0.556. The molecule has 0 spiro atoms. The molecule has 1 saturated heterocycles. The molecule has 2 aliphatic rings. The normalized spacial score (nSPS) is 22.2. The highest BCUT2D eigenvalue weighted by Crippen LogP contribution is 2.32. The van der Waals surface area contributed by atoms with E-state index in [0.717, 1.165) is 5.69 Å². The molecule has 0 bridgehead atoms. The zero-order valence-corrected chi connectivity index (χ0v) is 13.8. The van der Waals surface area contributed by atoms with Gasteiger partial charge in [0.25, 0.3) is 0 Å². The predicted octanol–water partition coefficient (Wildman–Crippen LogP) is 2.62. The van der Waals surface area contributed by atoms with Crippen molar-refractivity contribution in [2.45, 2.75) is 44.1 Å². The lowest BCUT2D eigenvalue weighted by Crippen LogP contribution is -2.56. The van der Waals surface area contributed by atoms with E-state index in [2.05, 4.69) is 22.8 Å². The summed E-state index contributed by atoms with van der Waals surface area (Å²) < 4.78 is 0. The van der Waals surface area contributed by atoms with Crippen LogP contribution in [0.1, 0.15) is 43.6 Å². The summed E-state index contributed by atoms with van der Waals surface area (Å²) in [6.07, 6.45) is 5.47. The molecule has 3 rings (SSSR count). The van der Waals surface area contributed by atoms with Crippen molar-refractivity contribution in [3.8, 4) is 0 Å². The Balaban J connectivity index is 1.57. The van der Waals surface area contributed by atoms with Crippen molar-refractivity contribution in [2.24, 2.45) is 0 Å². The van der Waals surface area contributed by atoms with Crippen molar-refractivity contribution in [2.75, 3.05) is 25.0 Å². The SMILES string of the molecule is O=C(Nc1ccc(C2CCCCC2)cc1)C1CN(C(=O)O)CCN1. The maximum absolute atomic E-state index is 12.3. The summed E-state index contributed by atoms with van der Waals surface area (Å²) in [6.45, 7) is 1.08. The van der Waals surface area contributed by atoms with Crippen molar-refractivity contribution >= 4 is 17.7 Å². The molecule has 24 heavy (non-hydrogen) atoms. The number of carbonyl (C=O) groups is 2. The van der Waals surface area contributed by atoms with Crippen LogP contribution in [0.15, 0.2) is 24.3 Å². The molecule has 2 amide bonds. The van der Waals surface area contributed by atoms with E-state index in [1.54, 1.807) is 0 Å². The van der Waals surface area contributed by atoms with Gasteiger partial charge in [0, 0.05) is 25.3 Å². The molecule has 1 unspecified atom stereocenters. The summed E-state index contributed by atoms with van der Waals surface area (Å²) >= 11 is 0. The second-order valence-corrected chi connectivity index (χ2v) is 6.68. The van der Waals surface area contributed by atoms with Crippen LogP contribution in [0, 0.1) is 0 Å². The number of rotatable bonds is 3. The van der Waals surface area contributed by atoms with Gasteiger partial charge in [0.1, 0.15) is 6.04 Å². The molecule has 1 aromatic rings. The first-order valence-corrected chi connectivity index (χ1v) is 8.75. The third-order valence-electron chi connectivity index (χ3n) is 5.02. The average molecular weight is 331 g/mol. The Kier molecular flexibility index (Phi) is 5.35. The van der Waals surface area contributed by atoms with Crippen LogP contribution in [0.25, 0.3) is 0 Å². The number of piperazine rings is 1. The van der Waals surface area contributed by atoms with Gasteiger partial charge in [-0.15, -0.1) is 0 Å². The van der Waals surface area contributed by atoms with Gasteiger partial charge in [-0.25, -0.2) is 4.79 Å². The molecule has 1 heterocycles. The van der Waals surface area contributed by atoms with E-state index < -0.39 is 12.1 Å². The highest BCUT2D eigenvalue weighted by molar-refractivity contribution is 5.95. The smallest absolute Gasteiger partial charge is 0.407 e. The molecule has 1 aliphatic carbocycles. The number of carboxylic acid groups (broad SMARTS) is 1. The van der Waals surface area contributed by atoms with E-state index >= 15 is 0 Å². The molecule has 3 N–H and O–H groups in total. The third kappa shape index (κ3) is 4.06. The molecule has 6 nitrogen and oxygen atoms in total. The third-order valence-corrected chi connectivity index (χ3v) is 5.02. The van der Waals surface area contributed by atoms with Gasteiger partial charge in [-0.3, -0.25) is 4.79 Å². The van der Waals surface area contributed by atoms with E-state index in [-0.39, 0.29) is 12.5 Å². The standard InChI is InChI=1S/C18H25N3O3/c22-17(16-12-21(18(23)24)11-10-19-16)20-15-8-6-14(7-9-15)13-4-2-1-3-5-13/h6-9,13,16,19H,1-5,10-12H2,(H,20,22)(H,23,24). The Morgan fingerprint density at radius 1 is 1.12 bits per heavy atom. The maximum atomic E-state index is 12.3.